The number of hydrogen-bond acceptors (Lipinski definition) is 5. The second-order valence-corrected chi connectivity index (χ2v) is 5.48. The number of nitrogens with two attached hydrogens (primary N) is 1. The largest absolute Gasteiger partial charge is 0.399 e. The highest BCUT2D eigenvalue weighted by Crippen LogP contribution is 2.24. The van der Waals surface area contributed by atoms with E-state index in [1.54, 1.807) is 6.92 Å². The third-order valence-corrected chi connectivity index (χ3v) is 3.87. The zero-order chi connectivity index (χ0) is 17.6. The van der Waals surface area contributed by atoms with Gasteiger partial charge in [0.15, 0.2) is 12.5 Å². The van der Waals surface area contributed by atoms with Gasteiger partial charge in [-0.15, -0.1) is 0 Å². The van der Waals surface area contributed by atoms with E-state index in [4.69, 9.17) is 17.3 Å². The van der Waals surface area contributed by atoms with E-state index in [1.807, 2.05) is 0 Å². The van der Waals surface area contributed by atoms with Crippen molar-refractivity contribution in [2.45, 2.75) is 25.8 Å². The van der Waals surface area contributed by atoms with Crippen molar-refractivity contribution in [1.29, 1.82) is 0 Å². The van der Waals surface area contributed by atoms with Crippen molar-refractivity contribution in [3.8, 4) is 0 Å². The SMILES string of the molecule is CCC(C)(NC(=O)c1cc(Cl)c(N)c(/C=N/OC)c1)C(=O)CF. The molecule has 1 rings (SSSR count). The van der Waals surface area contributed by atoms with Crippen LogP contribution < -0.4 is 11.1 Å². The number of benzene rings is 1. The number of nitrogens with one attached hydrogen (secondary N) is 1. The smallest absolute Gasteiger partial charge is 0.252 e. The monoisotopic (exact) mass is 343 g/mol. The number of oxime groups is 1. The predicted octanol–water partition coefficient (Wildman–Crippen LogP) is 2.34. The van der Waals surface area contributed by atoms with Crippen molar-refractivity contribution in [3.05, 3.63) is 28.3 Å². The summed E-state index contributed by atoms with van der Waals surface area (Å²) < 4.78 is 12.7. The molecular formula is C15H19ClFN3O3. The lowest BCUT2D eigenvalue weighted by atomic mass is 9.93. The lowest BCUT2D eigenvalue weighted by Crippen LogP contribution is -2.52. The number of alkyl halides is 1. The number of ketones is 1. The quantitative estimate of drug-likeness (QED) is 0.451. The average molecular weight is 344 g/mol. The summed E-state index contributed by atoms with van der Waals surface area (Å²) in [6.45, 7) is 2.00. The molecule has 0 aliphatic heterocycles. The fourth-order valence-corrected chi connectivity index (χ4v) is 2.04. The molecule has 126 valence electrons. The minimum atomic E-state index is -1.29. The molecule has 6 nitrogen and oxygen atoms in total. The highest BCUT2D eigenvalue weighted by Gasteiger charge is 2.33. The molecule has 0 aliphatic carbocycles. The summed E-state index contributed by atoms with van der Waals surface area (Å²) in [6, 6.07) is 2.82. The van der Waals surface area contributed by atoms with Gasteiger partial charge in [0.1, 0.15) is 7.11 Å². The van der Waals surface area contributed by atoms with Gasteiger partial charge in [0, 0.05) is 11.1 Å². The summed E-state index contributed by atoms with van der Waals surface area (Å²) in [5.41, 5.74) is 5.31. The molecule has 0 aliphatic rings. The third-order valence-electron chi connectivity index (χ3n) is 3.55. The average Bonchev–Trinajstić information content (AvgIpc) is 2.54. The second kappa shape index (κ2) is 7.92. The summed E-state index contributed by atoms with van der Waals surface area (Å²) >= 11 is 6.00. The number of halogens is 2. The van der Waals surface area contributed by atoms with Crippen LogP contribution in [0, 0.1) is 0 Å². The van der Waals surface area contributed by atoms with E-state index in [9.17, 15) is 14.0 Å². The maximum Gasteiger partial charge on any atom is 0.252 e. The zero-order valence-electron chi connectivity index (χ0n) is 13.2. The van der Waals surface area contributed by atoms with E-state index < -0.39 is 23.9 Å². The fraction of sp³-hybridized carbons (Fsp3) is 0.400. The van der Waals surface area contributed by atoms with Crippen molar-refractivity contribution in [2.24, 2.45) is 5.16 Å². The van der Waals surface area contributed by atoms with Gasteiger partial charge in [0.25, 0.3) is 5.91 Å². The van der Waals surface area contributed by atoms with Gasteiger partial charge in [-0.05, 0) is 25.5 Å². The molecule has 0 spiro atoms. The highest BCUT2D eigenvalue weighted by molar-refractivity contribution is 6.34. The van der Waals surface area contributed by atoms with Crippen LogP contribution in [-0.2, 0) is 9.63 Å². The summed E-state index contributed by atoms with van der Waals surface area (Å²) in [7, 11) is 1.36. The van der Waals surface area contributed by atoms with Crippen molar-refractivity contribution in [3.63, 3.8) is 0 Å². The summed E-state index contributed by atoms with van der Waals surface area (Å²) in [5.74, 6) is -1.26. The van der Waals surface area contributed by atoms with Crippen molar-refractivity contribution in [2.75, 3.05) is 19.5 Å². The Kier molecular flexibility index (Phi) is 6.50. The number of carbonyl (C=O) groups excluding carboxylic acids is 2. The van der Waals surface area contributed by atoms with Crippen LogP contribution in [-0.4, -0.2) is 37.2 Å². The molecule has 1 aromatic rings. The first kappa shape index (κ1) is 18.9. The number of carbonyl (C=O) groups is 2. The topological polar surface area (TPSA) is 93.8 Å². The highest BCUT2D eigenvalue weighted by atomic mass is 35.5. The first-order valence-corrected chi connectivity index (χ1v) is 7.24. The molecule has 1 atom stereocenters. The van der Waals surface area contributed by atoms with Crippen LogP contribution in [0.5, 0.6) is 0 Å². The molecule has 0 saturated carbocycles. The second-order valence-electron chi connectivity index (χ2n) is 5.07. The lowest BCUT2D eigenvalue weighted by molar-refractivity contribution is -0.125. The molecule has 0 aromatic heterocycles. The number of rotatable bonds is 7. The van der Waals surface area contributed by atoms with Crippen LogP contribution >= 0.6 is 11.6 Å². The van der Waals surface area contributed by atoms with E-state index in [-0.39, 0.29) is 22.7 Å². The molecule has 1 unspecified atom stereocenters. The summed E-state index contributed by atoms with van der Waals surface area (Å²) in [5, 5.41) is 6.27. The molecule has 0 bridgehead atoms. The van der Waals surface area contributed by atoms with Gasteiger partial charge in [0.2, 0.25) is 0 Å². The standard InChI is InChI=1S/C15H19ClFN3O3/c1-4-15(2,12(21)7-17)20-14(22)9-5-10(8-19-23-3)13(18)11(16)6-9/h5-6,8H,4,7,18H2,1-3H3,(H,20,22)/b19-8+. The molecule has 0 saturated heterocycles. The van der Waals surface area contributed by atoms with Gasteiger partial charge in [-0.3, -0.25) is 9.59 Å². The van der Waals surface area contributed by atoms with Gasteiger partial charge in [-0.25, -0.2) is 4.39 Å². The molecule has 0 radical (unpaired) electrons. The number of hydrogen-bond donors (Lipinski definition) is 2. The predicted molar refractivity (Wildman–Crippen MR) is 87.6 cm³/mol. The van der Waals surface area contributed by atoms with Crippen molar-refractivity contribution < 1.29 is 18.8 Å². The van der Waals surface area contributed by atoms with Crippen LogP contribution in [0.4, 0.5) is 10.1 Å². The maximum absolute atomic E-state index is 12.7. The molecular weight excluding hydrogens is 325 g/mol. The van der Waals surface area contributed by atoms with Gasteiger partial charge in [0.05, 0.1) is 22.5 Å². The number of anilines is 1. The number of nitrogen functional groups attached to an aromatic ring is 1. The van der Waals surface area contributed by atoms with E-state index in [0.717, 1.165) is 0 Å². The first-order valence-electron chi connectivity index (χ1n) is 6.86. The van der Waals surface area contributed by atoms with E-state index >= 15 is 0 Å². The van der Waals surface area contributed by atoms with E-state index in [0.29, 0.717) is 5.56 Å². The van der Waals surface area contributed by atoms with Crippen LogP contribution in [0.2, 0.25) is 5.02 Å². The lowest BCUT2D eigenvalue weighted by Gasteiger charge is -2.27. The van der Waals surface area contributed by atoms with Gasteiger partial charge < -0.3 is 15.9 Å². The first-order chi connectivity index (χ1) is 10.8. The summed E-state index contributed by atoms with van der Waals surface area (Å²) in [6.07, 6.45) is 1.56. The molecule has 1 amide bonds. The Labute approximate surface area is 138 Å². The number of amides is 1. The Morgan fingerprint density at radius 2 is 2.17 bits per heavy atom. The molecule has 23 heavy (non-hydrogen) atoms. The van der Waals surface area contributed by atoms with Crippen LogP contribution in [0.3, 0.4) is 0 Å². The Morgan fingerprint density at radius 1 is 1.52 bits per heavy atom. The third kappa shape index (κ3) is 4.41. The molecule has 8 heteroatoms. The fourth-order valence-electron chi connectivity index (χ4n) is 1.81. The van der Waals surface area contributed by atoms with Crippen molar-refractivity contribution >= 4 is 35.2 Å². The van der Waals surface area contributed by atoms with Crippen LogP contribution in [0.25, 0.3) is 0 Å². The Balaban J connectivity index is 3.15. The zero-order valence-corrected chi connectivity index (χ0v) is 13.9. The number of nitrogens with zero attached hydrogens (tertiary/aromatic N) is 1. The molecule has 0 heterocycles. The Morgan fingerprint density at radius 3 is 2.70 bits per heavy atom. The molecule has 0 fully saturated rings. The summed E-state index contributed by atoms with van der Waals surface area (Å²) in [4.78, 5) is 28.6. The van der Waals surface area contributed by atoms with Gasteiger partial charge in [-0.2, -0.15) is 0 Å². The maximum atomic E-state index is 12.7. The molecule has 1 aromatic carbocycles. The van der Waals surface area contributed by atoms with E-state index in [1.165, 1.54) is 32.4 Å². The van der Waals surface area contributed by atoms with E-state index in [2.05, 4.69) is 15.3 Å². The van der Waals surface area contributed by atoms with Gasteiger partial charge in [-0.1, -0.05) is 23.7 Å². The normalized spacial score (nSPS) is 13.6. The van der Waals surface area contributed by atoms with Gasteiger partial charge >= 0.3 is 0 Å². The van der Waals surface area contributed by atoms with Crippen molar-refractivity contribution in [1.82, 2.24) is 5.32 Å². The minimum Gasteiger partial charge on any atom is -0.399 e. The van der Waals surface area contributed by atoms with Crippen LogP contribution in [0.1, 0.15) is 36.2 Å². The molecule has 3 N–H and O–H groups in total. The minimum absolute atomic E-state index is 0.158. The van der Waals surface area contributed by atoms with Crippen LogP contribution in [0.15, 0.2) is 17.3 Å². The number of Topliss-reactive ketones (excluding diaryl/α,β-unsaturated/α-hetero) is 1. The Hall–Kier alpha value is -2.15. The Bertz CT molecular complexity index is 637.